The minimum atomic E-state index is 0.0661. The quantitative estimate of drug-likeness (QED) is 0.748. The lowest BCUT2D eigenvalue weighted by atomic mass is 10.2. The van der Waals surface area contributed by atoms with Gasteiger partial charge in [-0.05, 0) is 32.3 Å². The molecule has 0 saturated carbocycles. The molecule has 0 amide bonds. The molecular weight excluding hydrogens is 214 g/mol. The predicted molar refractivity (Wildman–Crippen MR) is 66.4 cm³/mol. The van der Waals surface area contributed by atoms with E-state index in [1.54, 1.807) is 16.9 Å². The minimum absolute atomic E-state index is 0.0661. The van der Waals surface area contributed by atoms with Gasteiger partial charge in [0.1, 0.15) is 5.69 Å². The molecule has 0 aliphatic heterocycles. The highest BCUT2D eigenvalue weighted by Crippen LogP contribution is 2.10. The molecule has 4 nitrogen and oxygen atoms in total. The Morgan fingerprint density at radius 3 is 2.59 bits per heavy atom. The molecule has 1 heterocycles. The Balaban J connectivity index is 2.32. The van der Waals surface area contributed by atoms with Crippen molar-refractivity contribution in [3.63, 3.8) is 0 Å². The highest BCUT2D eigenvalue weighted by Gasteiger charge is 2.13. The maximum atomic E-state index is 12.0. The van der Waals surface area contributed by atoms with E-state index in [0.717, 1.165) is 5.69 Å². The summed E-state index contributed by atoms with van der Waals surface area (Å²) in [6.07, 6.45) is 1.65. The number of nitrogens with zero attached hydrogens (tertiary/aromatic N) is 3. The largest absolute Gasteiger partial charge is 0.302 e. The Morgan fingerprint density at radius 1 is 1.24 bits per heavy atom. The summed E-state index contributed by atoms with van der Waals surface area (Å²) in [5, 5.41) is 4.19. The third-order valence-electron chi connectivity index (χ3n) is 2.39. The van der Waals surface area contributed by atoms with Gasteiger partial charge in [0.05, 0.1) is 18.4 Å². The van der Waals surface area contributed by atoms with Crippen LogP contribution in [0.4, 0.5) is 0 Å². The normalized spacial score (nSPS) is 10.8. The van der Waals surface area contributed by atoms with Gasteiger partial charge in [-0.25, -0.2) is 4.68 Å². The van der Waals surface area contributed by atoms with Crippen LogP contribution >= 0.6 is 0 Å². The van der Waals surface area contributed by atoms with Crippen LogP contribution in [0.3, 0.4) is 0 Å². The zero-order valence-electron chi connectivity index (χ0n) is 10.00. The van der Waals surface area contributed by atoms with E-state index in [1.807, 2.05) is 49.3 Å². The first kappa shape index (κ1) is 11.5. The van der Waals surface area contributed by atoms with Gasteiger partial charge >= 0.3 is 0 Å². The van der Waals surface area contributed by atoms with Crippen LogP contribution in [-0.4, -0.2) is 41.1 Å². The number of carbonyl (C=O) groups excluding carboxylic acids is 1. The second-order valence-electron chi connectivity index (χ2n) is 4.12. The van der Waals surface area contributed by atoms with Crippen LogP contribution < -0.4 is 0 Å². The summed E-state index contributed by atoms with van der Waals surface area (Å²) in [7, 11) is 3.75. The van der Waals surface area contributed by atoms with Crippen LogP contribution in [0.5, 0.6) is 0 Å². The number of benzene rings is 1. The Hall–Kier alpha value is -1.94. The third-order valence-corrected chi connectivity index (χ3v) is 2.39. The predicted octanol–water partition coefficient (Wildman–Crippen LogP) is 1.62. The van der Waals surface area contributed by atoms with Crippen molar-refractivity contribution < 1.29 is 4.79 Å². The van der Waals surface area contributed by atoms with Gasteiger partial charge < -0.3 is 4.90 Å². The Bertz CT molecular complexity index is 502. The highest BCUT2D eigenvalue weighted by atomic mass is 16.1. The van der Waals surface area contributed by atoms with Gasteiger partial charge in [0.15, 0.2) is 5.78 Å². The fourth-order valence-electron chi connectivity index (χ4n) is 1.66. The molecule has 0 aliphatic carbocycles. The van der Waals surface area contributed by atoms with Gasteiger partial charge in [0.25, 0.3) is 0 Å². The third kappa shape index (κ3) is 2.60. The van der Waals surface area contributed by atoms with Crippen LogP contribution in [0.2, 0.25) is 0 Å². The minimum Gasteiger partial charge on any atom is -0.302 e. The second kappa shape index (κ2) is 4.93. The first-order valence-electron chi connectivity index (χ1n) is 5.46. The van der Waals surface area contributed by atoms with Crippen molar-refractivity contribution in [1.82, 2.24) is 14.7 Å². The maximum Gasteiger partial charge on any atom is 0.195 e. The summed E-state index contributed by atoms with van der Waals surface area (Å²) in [4.78, 5) is 13.9. The maximum absolute atomic E-state index is 12.0. The average Bonchev–Trinajstić information content (AvgIpc) is 2.78. The summed E-state index contributed by atoms with van der Waals surface area (Å²) < 4.78 is 1.67. The standard InChI is InChI=1S/C13H15N3O/c1-15(2)10-13(17)12-8-9-14-16(12)11-6-4-3-5-7-11/h3-9H,10H2,1-2H3. The molecule has 1 aromatic carbocycles. The van der Waals surface area contributed by atoms with Crippen LogP contribution in [0.15, 0.2) is 42.6 Å². The summed E-state index contributed by atoms with van der Waals surface area (Å²) >= 11 is 0. The molecule has 0 saturated heterocycles. The number of likely N-dealkylation sites (N-methyl/N-ethyl adjacent to an activating group) is 1. The van der Waals surface area contributed by atoms with Gasteiger partial charge in [-0.1, -0.05) is 18.2 Å². The molecule has 17 heavy (non-hydrogen) atoms. The van der Waals surface area contributed by atoms with Gasteiger partial charge in [0, 0.05) is 0 Å². The number of carbonyl (C=O) groups is 1. The van der Waals surface area contributed by atoms with E-state index in [1.165, 1.54) is 0 Å². The number of hydrogen-bond donors (Lipinski definition) is 0. The number of para-hydroxylation sites is 1. The molecule has 0 spiro atoms. The van der Waals surface area contributed by atoms with Crippen LogP contribution in [0, 0.1) is 0 Å². The molecule has 0 radical (unpaired) electrons. The summed E-state index contributed by atoms with van der Waals surface area (Å²) in [6, 6.07) is 11.4. The van der Waals surface area contributed by atoms with Crippen molar-refractivity contribution in [2.75, 3.05) is 20.6 Å². The monoisotopic (exact) mass is 229 g/mol. The lowest BCUT2D eigenvalue weighted by Gasteiger charge is -2.10. The molecule has 0 fully saturated rings. The van der Waals surface area contributed by atoms with Gasteiger partial charge in [-0.15, -0.1) is 0 Å². The molecular formula is C13H15N3O. The lowest BCUT2D eigenvalue weighted by Crippen LogP contribution is -2.23. The van der Waals surface area contributed by atoms with E-state index < -0.39 is 0 Å². The molecule has 0 aliphatic rings. The van der Waals surface area contributed by atoms with E-state index in [9.17, 15) is 4.79 Å². The summed E-state index contributed by atoms with van der Waals surface area (Å²) in [5.74, 6) is 0.0661. The zero-order valence-corrected chi connectivity index (χ0v) is 10.00. The molecule has 88 valence electrons. The average molecular weight is 229 g/mol. The van der Waals surface area contributed by atoms with E-state index in [4.69, 9.17) is 0 Å². The number of Topliss-reactive ketones (excluding diaryl/α,β-unsaturated/α-hetero) is 1. The summed E-state index contributed by atoms with van der Waals surface area (Å²) in [6.45, 7) is 0.387. The topological polar surface area (TPSA) is 38.1 Å². The van der Waals surface area contributed by atoms with Crippen LogP contribution in [0.25, 0.3) is 5.69 Å². The van der Waals surface area contributed by atoms with E-state index in [0.29, 0.717) is 12.2 Å². The van der Waals surface area contributed by atoms with Gasteiger partial charge in [-0.2, -0.15) is 5.10 Å². The van der Waals surface area contributed by atoms with Crippen LogP contribution in [-0.2, 0) is 0 Å². The Labute approximate surface area is 100 Å². The van der Waals surface area contributed by atoms with E-state index in [-0.39, 0.29) is 5.78 Å². The van der Waals surface area contributed by atoms with Gasteiger partial charge in [0.2, 0.25) is 0 Å². The van der Waals surface area contributed by atoms with Gasteiger partial charge in [-0.3, -0.25) is 4.79 Å². The molecule has 2 rings (SSSR count). The highest BCUT2D eigenvalue weighted by molar-refractivity contribution is 5.96. The van der Waals surface area contributed by atoms with Crippen molar-refractivity contribution in [2.24, 2.45) is 0 Å². The number of aromatic nitrogens is 2. The zero-order chi connectivity index (χ0) is 12.3. The number of ketones is 1. The fraction of sp³-hybridized carbons (Fsp3) is 0.231. The van der Waals surface area contributed by atoms with Crippen molar-refractivity contribution in [1.29, 1.82) is 0 Å². The summed E-state index contributed by atoms with van der Waals surface area (Å²) in [5.41, 5.74) is 1.52. The second-order valence-corrected chi connectivity index (χ2v) is 4.12. The molecule has 0 N–H and O–H groups in total. The Morgan fingerprint density at radius 2 is 1.94 bits per heavy atom. The number of rotatable bonds is 4. The Kier molecular flexibility index (Phi) is 3.35. The molecule has 1 aromatic heterocycles. The van der Waals surface area contributed by atoms with Crippen molar-refractivity contribution in [2.45, 2.75) is 0 Å². The molecule has 0 atom stereocenters. The fourth-order valence-corrected chi connectivity index (χ4v) is 1.66. The van der Waals surface area contributed by atoms with E-state index in [2.05, 4.69) is 5.10 Å². The molecule has 2 aromatic rings. The van der Waals surface area contributed by atoms with Crippen molar-refractivity contribution in [3.8, 4) is 5.69 Å². The molecule has 0 unspecified atom stereocenters. The smallest absolute Gasteiger partial charge is 0.195 e. The van der Waals surface area contributed by atoms with E-state index >= 15 is 0 Å². The molecule has 4 heteroatoms. The SMILES string of the molecule is CN(C)CC(=O)c1ccnn1-c1ccccc1. The molecule has 0 bridgehead atoms. The van der Waals surface area contributed by atoms with Crippen molar-refractivity contribution in [3.05, 3.63) is 48.3 Å². The lowest BCUT2D eigenvalue weighted by molar-refractivity contribution is 0.0950. The first-order valence-corrected chi connectivity index (χ1v) is 5.46. The number of hydrogen-bond acceptors (Lipinski definition) is 3. The van der Waals surface area contributed by atoms with Crippen LogP contribution in [0.1, 0.15) is 10.5 Å². The first-order chi connectivity index (χ1) is 8.18. The van der Waals surface area contributed by atoms with Crippen molar-refractivity contribution >= 4 is 5.78 Å².